The lowest BCUT2D eigenvalue weighted by Crippen LogP contribution is -2.61. The minimum Gasteiger partial charge on any atom is -0.479 e. The summed E-state index contributed by atoms with van der Waals surface area (Å²) in [5.41, 5.74) is 5.84. The Labute approximate surface area is 171 Å². The zero-order valence-corrected chi connectivity index (χ0v) is 15.6. The Bertz CT molecular complexity index is 792. The van der Waals surface area contributed by atoms with Crippen molar-refractivity contribution >= 4 is 31.3 Å². The zero-order valence-electron chi connectivity index (χ0n) is 15.6. The van der Waals surface area contributed by atoms with Crippen LogP contribution in [0.2, 0.25) is 0 Å². The number of carbonyl (C=O) groups excluding carboxylic acids is 2. The normalized spacial score (nSPS) is 25.9. The minimum absolute atomic E-state index is 0.0179. The number of carboxylic acid groups (broad SMARTS) is 1. The third kappa shape index (κ3) is 5.90. The number of ether oxygens (including phenoxy) is 3. The number of nitrogens with one attached hydrogen (secondary N) is 1. The van der Waals surface area contributed by atoms with Gasteiger partial charge >= 0.3 is 5.97 Å². The van der Waals surface area contributed by atoms with Crippen LogP contribution >= 0.6 is 0 Å². The zero-order chi connectivity index (χ0) is 22.4. The second-order valence-electron chi connectivity index (χ2n) is 6.38. The molecule has 13 heteroatoms. The number of hydrogen-bond donors (Lipinski definition) is 6. The van der Waals surface area contributed by atoms with Gasteiger partial charge in [0.25, 0.3) is 0 Å². The topological polar surface area (TPSA) is 198 Å². The van der Waals surface area contributed by atoms with Crippen LogP contribution in [0.4, 0.5) is 10.5 Å². The summed E-state index contributed by atoms with van der Waals surface area (Å²) >= 11 is 0. The van der Waals surface area contributed by atoms with Gasteiger partial charge in [0, 0.05) is 13.0 Å². The fourth-order valence-corrected chi connectivity index (χ4v) is 2.64. The summed E-state index contributed by atoms with van der Waals surface area (Å²) in [7, 11) is 4.92. The molecule has 12 nitrogen and oxygen atoms in total. The van der Waals surface area contributed by atoms with Crippen molar-refractivity contribution in [2.45, 2.75) is 43.7 Å². The average molecular weight is 424 g/mol. The Hall–Kier alpha value is -2.71. The van der Waals surface area contributed by atoms with Gasteiger partial charge in [0.05, 0.1) is 5.69 Å². The first-order valence-corrected chi connectivity index (χ1v) is 8.78. The van der Waals surface area contributed by atoms with Crippen LogP contribution in [-0.4, -0.2) is 83.3 Å². The third-order valence-corrected chi connectivity index (χ3v) is 4.13. The van der Waals surface area contributed by atoms with Gasteiger partial charge in [-0.05, 0) is 17.7 Å². The number of rotatable bonds is 8. The summed E-state index contributed by atoms with van der Waals surface area (Å²) in [4.78, 5) is 34.0. The summed E-state index contributed by atoms with van der Waals surface area (Å²) in [6, 6.07) is 4.18. The SMILES string of the molecule is [B]C(=O)OCc1ccc(OC2OC(C(=O)O)C(O)C(O)C2O)c(NC(=O)CCN)c1. The van der Waals surface area contributed by atoms with Gasteiger partial charge in [-0.25, -0.2) is 4.79 Å². The maximum Gasteiger partial charge on any atom is 0.335 e. The molecule has 0 bridgehead atoms. The largest absolute Gasteiger partial charge is 0.479 e. The molecule has 0 saturated carbocycles. The Morgan fingerprint density at radius 3 is 2.47 bits per heavy atom. The number of anilines is 1. The van der Waals surface area contributed by atoms with Gasteiger partial charge in [-0.3, -0.25) is 9.59 Å². The molecule has 0 spiro atoms. The van der Waals surface area contributed by atoms with Crippen molar-refractivity contribution in [3.05, 3.63) is 23.8 Å². The van der Waals surface area contributed by atoms with E-state index in [-0.39, 0.29) is 31.0 Å². The lowest BCUT2D eigenvalue weighted by Gasteiger charge is -2.38. The van der Waals surface area contributed by atoms with Gasteiger partial charge in [0.2, 0.25) is 25.9 Å². The Morgan fingerprint density at radius 2 is 1.87 bits per heavy atom. The summed E-state index contributed by atoms with van der Waals surface area (Å²) in [5.74, 6) is -3.10. The highest BCUT2D eigenvalue weighted by atomic mass is 16.7. The number of hydrogen-bond acceptors (Lipinski definition) is 10. The highest BCUT2D eigenvalue weighted by Gasteiger charge is 2.48. The van der Waals surface area contributed by atoms with Gasteiger partial charge in [-0.2, -0.15) is 0 Å². The van der Waals surface area contributed by atoms with Crippen LogP contribution in [0.3, 0.4) is 0 Å². The number of benzene rings is 1. The lowest BCUT2D eigenvalue weighted by atomic mass is 9.99. The Balaban J connectivity index is 2.28. The first-order valence-electron chi connectivity index (χ1n) is 8.78. The number of aliphatic carboxylic acids is 1. The van der Waals surface area contributed by atoms with Gasteiger partial charge in [0.1, 0.15) is 30.7 Å². The van der Waals surface area contributed by atoms with Crippen molar-refractivity contribution in [1.82, 2.24) is 0 Å². The first-order chi connectivity index (χ1) is 14.1. The van der Waals surface area contributed by atoms with E-state index in [0.29, 0.717) is 5.56 Å². The number of amides is 1. The molecule has 1 aromatic carbocycles. The van der Waals surface area contributed by atoms with Crippen LogP contribution < -0.4 is 15.8 Å². The smallest absolute Gasteiger partial charge is 0.335 e. The summed E-state index contributed by atoms with van der Waals surface area (Å²) in [5, 5.41) is 41.4. The predicted octanol–water partition coefficient (Wildman–Crippen LogP) is -1.95. The van der Waals surface area contributed by atoms with E-state index < -0.39 is 48.5 Å². The van der Waals surface area contributed by atoms with E-state index in [0.717, 1.165) is 0 Å². The molecular weight excluding hydrogens is 403 g/mol. The van der Waals surface area contributed by atoms with Crippen LogP contribution in [0.1, 0.15) is 12.0 Å². The Morgan fingerprint density at radius 1 is 1.17 bits per heavy atom. The molecule has 162 valence electrons. The van der Waals surface area contributed by atoms with Crippen LogP contribution in [0.15, 0.2) is 18.2 Å². The highest BCUT2D eigenvalue weighted by molar-refractivity contribution is 6.55. The standard InChI is InChI=1S/C17H21BN2O10/c18-17(27)28-6-7-1-2-9(8(5-7)20-10(21)3-4-19)29-16-13(24)11(22)12(23)14(30-16)15(25)26/h1-2,5,11-14,16,22-24H,3-4,6,19H2,(H,20,21)(H,25,26). The van der Waals surface area contributed by atoms with E-state index >= 15 is 0 Å². The minimum atomic E-state index is -1.88. The van der Waals surface area contributed by atoms with E-state index in [1.54, 1.807) is 0 Å². The molecule has 1 aliphatic rings. The van der Waals surface area contributed by atoms with Gasteiger partial charge in [-0.15, -0.1) is 0 Å². The molecule has 1 heterocycles. The molecule has 0 aromatic heterocycles. The van der Waals surface area contributed by atoms with Crippen molar-refractivity contribution in [3.63, 3.8) is 0 Å². The van der Waals surface area contributed by atoms with Crippen LogP contribution in [-0.2, 0) is 25.7 Å². The molecule has 1 aliphatic heterocycles. The molecular formula is C17H21BN2O10. The molecule has 0 aliphatic carbocycles. The molecule has 5 unspecified atom stereocenters. The Kier molecular flexibility index (Phi) is 8.14. The number of aliphatic hydroxyl groups excluding tert-OH is 3. The van der Waals surface area contributed by atoms with Gasteiger partial charge in [-0.1, -0.05) is 6.07 Å². The van der Waals surface area contributed by atoms with Crippen LogP contribution in [0, 0.1) is 0 Å². The van der Waals surface area contributed by atoms with Crippen molar-refractivity contribution in [2.75, 3.05) is 11.9 Å². The molecule has 1 fully saturated rings. The number of aliphatic hydroxyl groups is 3. The van der Waals surface area contributed by atoms with E-state index in [1.165, 1.54) is 18.2 Å². The monoisotopic (exact) mass is 424 g/mol. The molecule has 1 aromatic rings. The van der Waals surface area contributed by atoms with E-state index in [2.05, 4.69) is 10.1 Å². The number of carboxylic acids is 1. The second kappa shape index (κ2) is 10.4. The maximum absolute atomic E-state index is 12.0. The summed E-state index contributed by atoms with van der Waals surface area (Å²) < 4.78 is 15.2. The van der Waals surface area contributed by atoms with Crippen molar-refractivity contribution in [3.8, 4) is 5.75 Å². The molecule has 2 radical (unpaired) electrons. The van der Waals surface area contributed by atoms with E-state index in [9.17, 15) is 29.7 Å². The molecule has 1 amide bonds. The molecule has 5 atom stereocenters. The van der Waals surface area contributed by atoms with Crippen molar-refractivity contribution < 1.29 is 49.0 Å². The molecule has 7 N–H and O–H groups in total. The average Bonchev–Trinajstić information content (AvgIpc) is 2.68. The highest BCUT2D eigenvalue weighted by Crippen LogP contribution is 2.31. The molecule has 1 saturated heterocycles. The van der Waals surface area contributed by atoms with Gasteiger partial charge in [0.15, 0.2) is 6.10 Å². The van der Waals surface area contributed by atoms with Crippen LogP contribution in [0.5, 0.6) is 5.75 Å². The van der Waals surface area contributed by atoms with Gasteiger partial charge < -0.3 is 45.7 Å². The molecule has 2 rings (SSSR count). The second-order valence-corrected chi connectivity index (χ2v) is 6.38. The van der Waals surface area contributed by atoms with E-state index in [4.69, 9.17) is 28.2 Å². The summed E-state index contributed by atoms with van der Waals surface area (Å²) in [6.45, 7) is -0.134. The first kappa shape index (κ1) is 23.6. The predicted molar refractivity (Wildman–Crippen MR) is 99.6 cm³/mol. The van der Waals surface area contributed by atoms with Crippen LogP contribution in [0.25, 0.3) is 0 Å². The van der Waals surface area contributed by atoms with E-state index in [1.807, 2.05) is 0 Å². The fourth-order valence-electron chi connectivity index (χ4n) is 2.64. The van der Waals surface area contributed by atoms with Crippen molar-refractivity contribution in [1.29, 1.82) is 0 Å². The summed E-state index contributed by atoms with van der Waals surface area (Å²) in [6.07, 6.45) is -9.08. The number of nitrogens with two attached hydrogens (primary N) is 1. The lowest BCUT2D eigenvalue weighted by molar-refractivity contribution is -0.271. The number of carbonyl (C=O) groups is 3. The molecule has 30 heavy (non-hydrogen) atoms. The quantitative estimate of drug-likeness (QED) is 0.254. The third-order valence-electron chi connectivity index (χ3n) is 4.13. The maximum atomic E-state index is 12.0. The fraction of sp³-hybridized carbons (Fsp3) is 0.471. The van der Waals surface area contributed by atoms with Crippen molar-refractivity contribution in [2.24, 2.45) is 5.73 Å².